The second-order valence-electron chi connectivity index (χ2n) is 5.94. The highest BCUT2D eigenvalue weighted by Gasteiger charge is 2.26. The third-order valence-corrected chi connectivity index (χ3v) is 3.84. The molecule has 1 amide bonds. The van der Waals surface area contributed by atoms with Gasteiger partial charge in [-0.1, -0.05) is 13.8 Å². The predicted molar refractivity (Wildman–Crippen MR) is 74.2 cm³/mol. The van der Waals surface area contributed by atoms with Gasteiger partial charge in [0.15, 0.2) is 0 Å². The predicted octanol–water partition coefficient (Wildman–Crippen LogP) is 3.10. The van der Waals surface area contributed by atoms with E-state index < -0.39 is 17.5 Å². The molecule has 1 aromatic carbocycles. The first-order valence-electron chi connectivity index (χ1n) is 6.92. The molecule has 1 aliphatic carbocycles. The van der Waals surface area contributed by atoms with Crippen molar-refractivity contribution >= 4 is 11.6 Å². The molecule has 0 bridgehead atoms. The van der Waals surface area contributed by atoms with Crippen LogP contribution in [0.5, 0.6) is 0 Å². The molecule has 2 atom stereocenters. The molecule has 3 nitrogen and oxygen atoms in total. The molecule has 2 unspecified atom stereocenters. The first-order chi connectivity index (χ1) is 9.36. The zero-order chi connectivity index (χ0) is 14.9. The molecule has 1 fully saturated rings. The SMILES string of the molecule is CC1CC(C)CC(NC(=O)c2cc(N)c(F)cc2F)C1. The fourth-order valence-corrected chi connectivity index (χ4v) is 3.07. The number of rotatable bonds is 2. The van der Waals surface area contributed by atoms with E-state index in [0.29, 0.717) is 17.9 Å². The average molecular weight is 282 g/mol. The first kappa shape index (κ1) is 14.8. The highest BCUT2D eigenvalue weighted by Crippen LogP contribution is 2.28. The number of benzene rings is 1. The molecule has 0 spiro atoms. The molecule has 1 saturated carbocycles. The summed E-state index contributed by atoms with van der Waals surface area (Å²) < 4.78 is 26.7. The lowest BCUT2D eigenvalue weighted by Gasteiger charge is -2.32. The highest BCUT2D eigenvalue weighted by molar-refractivity contribution is 5.95. The van der Waals surface area contributed by atoms with Gasteiger partial charge in [0.1, 0.15) is 11.6 Å². The van der Waals surface area contributed by atoms with Crippen LogP contribution < -0.4 is 11.1 Å². The number of nitrogens with one attached hydrogen (secondary N) is 1. The molecule has 0 aliphatic heterocycles. The lowest BCUT2D eigenvalue weighted by atomic mass is 9.80. The van der Waals surface area contributed by atoms with Crippen LogP contribution in [0, 0.1) is 23.5 Å². The Balaban J connectivity index is 2.10. The van der Waals surface area contributed by atoms with Crippen molar-refractivity contribution in [1.82, 2.24) is 5.32 Å². The molecular formula is C15H20F2N2O. The number of hydrogen-bond acceptors (Lipinski definition) is 2. The molecule has 1 aliphatic rings. The maximum Gasteiger partial charge on any atom is 0.254 e. The molecule has 0 aromatic heterocycles. The van der Waals surface area contributed by atoms with Gasteiger partial charge in [-0.05, 0) is 37.2 Å². The minimum absolute atomic E-state index is 0.0342. The second-order valence-corrected chi connectivity index (χ2v) is 5.94. The summed E-state index contributed by atoms with van der Waals surface area (Å²) in [4.78, 5) is 12.1. The van der Waals surface area contributed by atoms with E-state index in [0.717, 1.165) is 25.3 Å². The van der Waals surface area contributed by atoms with Gasteiger partial charge < -0.3 is 11.1 Å². The van der Waals surface area contributed by atoms with E-state index in [1.807, 2.05) is 0 Å². The number of carbonyl (C=O) groups excluding carboxylic acids is 1. The Hall–Kier alpha value is -1.65. The fourth-order valence-electron chi connectivity index (χ4n) is 3.07. The third kappa shape index (κ3) is 3.26. The molecule has 5 heteroatoms. The van der Waals surface area contributed by atoms with E-state index in [2.05, 4.69) is 19.2 Å². The Morgan fingerprint density at radius 1 is 1.15 bits per heavy atom. The summed E-state index contributed by atoms with van der Waals surface area (Å²) in [5.74, 6) is -1.19. The molecule has 20 heavy (non-hydrogen) atoms. The number of nitrogens with two attached hydrogens (primary N) is 1. The van der Waals surface area contributed by atoms with E-state index in [-0.39, 0.29) is 17.3 Å². The quantitative estimate of drug-likeness (QED) is 0.819. The largest absolute Gasteiger partial charge is 0.396 e. The van der Waals surface area contributed by atoms with Crippen LogP contribution in [-0.4, -0.2) is 11.9 Å². The normalized spacial score (nSPS) is 26.3. The monoisotopic (exact) mass is 282 g/mol. The molecule has 1 aromatic rings. The second kappa shape index (κ2) is 5.77. The van der Waals surface area contributed by atoms with Crippen molar-refractivity contribution in [3.8, 4) is 0 Å². The van der Waals surface area contributed by atoms with Crippen LogP contribution in [0.4, 0.5) is 14.5 Å². The van der Waals surface area contributed by atoms with Crippen LogP contribution in [0.25, 0.3) is 0 Å². The Morgan fingerprint density at radius 3 is 2.35 bits per heavy atom. The van der Waals surface area contributed by atoms with Gasteiger partial charge in [0, 0.05) is 12.1 Å². The van der Waals surface area contributed by atoms with Crippen molar-refractivity contribution in [2.24, 2.45) is 11.8 Å². The summed E-state index contributed by atoms with van der Waals surface area (Å²) in [6, 6.07) is 1.73. The fraction of sp³-hybridized carbons (Fsp3) is 0.533. The van der Waals surface area contributed by atoms with Gasteiger partial charge in [0.2, 0.25) is 0 Å². The van der Waals surface area contributed by atoms with Gasteiger partial charge in [-0.3, -0.25) is 4.79 Å². The minimum atomic E-state index is -0.883. The van der Waals surface area contributed by atoms with Crippen molar-refractivity contribution in [2.75, 3.05) is 5.73 Å². The standard InChI is InChI=1S/C15H20F2N2O/c1-8-3-9(2)5-10(4-8)19-15(20)11-6-14(18)13(17)7-12(11)16/h6-10H,3-5,18H2,1-2H3,(H,19,20). The number of nitrogen functional groups attached to an aromatic ring is 1. The maximum absolute atomic E-state index is 13.6. The average Bonchev–Trinajstić information content (AvgIpc) is 2.32. The van der Waals surface area contributed by atoms with E-state index in [4.69, 9.17) is 5.73 Å². The zero-order valence-corrected chi connectivity index (χ0v) is 11.7. The summed E-state index contributed by atoms with van der Waals surface area (Å²) >= 11 is 0. The van der Waals surface area contributed by atoms with Crippen LogP contribution >= 0.6 is 0 Å². The van der Waals surface area contributed by atoms with E-state index in [1.54, 1.807) is 0 Å². The van der Waals surface area contributed by atoms with Crippen molar-refractivity contribution in [1.29, 1.82) is 0 Å². The topological polar surface area (TPSA) is 55.1 Å². The lowest BCUT2D eigenvalue weighted by molar-refractivity contribution is 0.0907. The van der Waals surface area contributed by atoms with Crippen LogP contribution in [0.3, 0.4) is 0 Å². The summed E-state index contributed by atoms with van der Waals surface area (Å²) in [6.07, 6.45) is 2.91. The van der Waals surface area contributed by atoms with Gasteiger partial charge in [0.25, 0.3) is 5.91 Å². The van der Waals surface area contributed by atoms with Crippen molar-refractivity contribution in [3.05, 3.63) is 29.3 Å². The number of amides is 1. The molecule has 2 rings (SSSR count). The Kier molecular flexibility index (Phi) is 4.26. The van der Waals surface area contributed by atoms with E-state index >= 15 is 0 Å². The molecule has 3 N–H and O–H groups in total. The van der Waals surface area contributed by atoms with E-state index in [9.17, 15) is 13.6 Å². The summed E-state index contributed by atoms with van der Waals surface area (Å²) in [6.45, 7) is 4.29. The van der Waals surface area contributed by atoms with Gasteiger partial charge in [-0.25, -0.2) is 8.78 Å². The first-order valence-corrected chi connectivity index (χ1v) is 6.92. The molecular weight excluding hydrogens is 262 g/mol. The van der Waals surface area contributed by atoms with Crippen LogP contribution in [0.15, 0.2) is 12.1 Å². The number of carbonyl (C=O) groups is 1. The smallest absolute Gasteiger partial charge is 0.254 e. The van der Waals surface area contributed by atoms with Gasteiger partial charge in [-0.2, -0.15) is 0 Å². The Morgan fingerprint density at radius 2 is 1.75 bits per heavy atom. The van der Waals surface area contributed by atoms with Crippen LogP contribution in [0.2, 0.25) is 0 Å². The van der Waals surface area contributed by atoms with Crippen LogP contribution in [-0.2, 0) is 0 Å². The van der Waals surface area contributed by atoms with Crippen molar-refractivity contribution in [3.63, 3.8) is 0 Å². The number of halogens is 2. The minimum Gasteiger partial charge on any atom is -0.396 e. The summed E-state index contributed by atoms with van der Waals surface area (Å²) in [5.41, 5.74) is 4.96. The lowest BCUT2D eigenvalue weighted by Crippen LogP contribution is -2.40. The Bertz CT molecular complexity index is 509. The molecule has 110 valence electrons. The number of hydrogen-bond donors (Lipinski definition) is 2. The van der Waals surface area contributed by atoms with Crippen molar-refractivity contribution in [2.45, 2.75) is 39.2 Å². The summed E-state index contributed by atoms with van der Waals surface area (Å²) in [7, 11) is 0. The van der Waals surface area contributed by atoms with Gasteiger partial charge >= 0.3 is 0 Å². The van der Waals surface area contributed by atoms with Gasteiger partial charge in [0.05, 0.1) is 11.3 Å². The van der Waals surface area contributed by atoms with Gasteiger partial charge in [-0.15, -0.1) is 0 Å². The Labute approximate surface area is 117 Å². The van der Waals surface area contributed by atoms with E-state index in [1.165, 1.54) is 0 Å². The summed E-state index contributed by atoms with van der Waals surface area (Å²) in [5, 5.41) is 2.83. The molecule has 0 heterocycles. The highest BCUT2D eigenvalue weighted by atomic mass is 19.1. The van der Waals surface area contributed by atoms with Crippen LogP contribution in [0.1, 0.15) is 43.5 Å². The maximum atomic E-state index is 13.6. The van der Waals surface area contributed by atoms with Crippen molar-refractivity contribution < 1.29 is 13.6 Å². The molecule has 0 radical (unpaired) electrons. The third-order valence-electron chi connectivity index (χ3n) is 3.84. The number of anilines is 1. The molecule has 0 saturated heterocycles. The zero-order valence-electron chi connectivity index (χ0n) is 11.7.